The van der Waals surface area contributed by atoms with E-state index in [1.165, 1.54) is 12.8 Å². The van der Waals surface area contributed by atoms with E-state index in [9.17, 15) is 14.4 Å². The Balaban J connectivity index is 4.22. The normalized spacial score (nSPS) is 13.2. The van der Waals surface area contributed by atoms with Crippen LogP contribution in [0.25, 0.3) is 0 Å². The minimum atomic E-state index is -0.799. The molecule has 0 N–H and O–H groups in total. The van der Waals surface area contributed by atoms with E-state index in [-0.39, 0.29) is 31.1 Å². The summed E-state index contributed by atoms with van der Waals surface area (Å²) in [6.07, 6.45) is 83.1. The molecule has 1 atom stereocenters. The predicted octanol–water partition coefficient (Wildman–Crippen LogP) is 19.2. The number of unbranched alkanes of at least 4 members (excludes halogenated alkanes) is 14. The SMILES string of the molecule is CC/C=C\C/C=C\C/C=C\C/C=C\C/C=C\C/C=C\C/C=C\C/C=C\CCCCCCC(=O)OCC(COC(=O)CCCCCCC)OC(=O)CCCCCCCC/C=C\C/C=C\C/C=C\C/C=C\CC. The van der Waals surface area contributed by atoms with Gasteiger partial charge in [-0.15, -0.1) is 0 Å². The van der Waals surface area contributed by atoms with Gasteiger partial charge in [0.05, 0.1) is 0 Å². The molecule has 6 heteroatoms. The number of hydrogen-bond acceptors (Lipinski definition) is 6. The van der Waals surface area contributed by atoms with Gasteiger partial charge in [-0.3, -0.25) is 14.4 Å². The van der Waals surface area contributed by atoms with Crippen LogP contribution in [0.15, 0.2) is 146 Å². The number of allylic oxidation sites excluding steroid dienone is 24. The molecule has 0 aromatic carbocycles. The van der Waals surface area contributed by atoms with E-state index < -0.39 is 6.10 Å². The number of ether oxygens (including phenoxy) is 3. The zero-order valence-corrected chi connectivity index (χ0v) is 45.4. The van der Waals surface area contributed by atoms with Gasteiger partial charge in [0.15, 0.2) is 6.10 Å². The van der Waals surface area contributed by atoms with Crippen molar-refractivity contribution >= 4 is 17.9 Å². The van der Waals surface area contributed by atoms with Crippen LogP contribution in [0, 0.1) is 0 Å². The van der Waals surface area contributed by atoms with Crippen molar-refractivity contribution in [2.75, 3.05) is 13.2 Å². The van der Waals surface area contributed by atoms with Crippen LogP contribution in [0.3, 0.4) is 0 Å². The third-order valence-electron chi connectivity index (χ3n) is 11.3. The topological polar surface area (TPSA) is 78.9 Å². The molecule has 0 saturated carbocycles. The Bertz CT molecular complexity index is 1590. The zero-order chi connectivity index (χ0) is 51.4. The van der Waals surface area contributed by atoms with Crippen molar-refractivity contribution in [3.63, 3.8) is 0 Å². The van der Waals surface area contributed by atoms with Crippen LogP contribution in [0.1, 0.15) is 226 Å². The van der Waals surface area contributed by atoms with Crippen LogP contribution in [-0.2, 0) is 28.6 Å². The molecule has 0 radical (unpaired) electrons. The second kappa shape index (κ2) is 57.9. The molecule has 0 aromatic rings. The first-order valence-electron chi connectivity index (χ1n) is 28.3. The fourth-order valence-corrected chi connectivity index (χ4v) is 7.15. The highest BCUT2D eigenvalue weighted by molar-refractivity contribution is 5.71. The standard InChI is InChI=1S/C65H102O6/c1-4-7-10-13-15-17-19-21-23-25-27-28-29-30-31-32-33-34-35-36-38-39-41-43-45-47-49-52-55-58-64(67)70-61-62(60-69-63(66)57-54-51-12-9-6-3)71-65(68)59-56-53-50-48-46-44-42-40-37-26-24-22-20-18-16-14-11-8-5-2/h7-8,10-11,15-18,21-24,27-28,30-31,33-34,36-38,40-41,43,62H,4-6,9,12-14,19-20,25-26,29,32,35,39,42,44-61H2,1-3H3/b10-7-,11-8-,17-15-,18-16-,23-21-,24-22-,28-27-,31-30-,34-33-,38-36-,40-37-,43-41-. The Kier molecular flexibility index (Phi) is 54.0. The largest absolute Gasteiger partial charge is 0.462 e. The minimum Gasteiger partial charge on any atom is -0.462 e. The molecule has 0 amide bonds. The fraction of sp³-hybridized carbons (Fsp3) is 0.585. The summed E-state index contributed by atoms with van der Waals surface area (Å²) < 4.78 is 16.7. The quantitative estimate of drug-likeness (QED) is 0.0262. The van der Waals surface area contributed by atoms with E-state index in [0.29, 0.717) is 19.3 Å². The van der Waals surface area contributed by atoms with E-state index in [1.54, 1.807) is 0 Å². The van der Waals surface area contributed by atoms with Gasteiger partial charge in [0.25, 0.3) is 0 Å². The van der Waals surface area contributed by atoms with E-state index >= 15 is 0 Å². The van der Waals surface area contributed by atoms with Gasteiger partial charge in [-0.05, 0) is 122 Å². The van der Waals surface area contributed by atoms with E-state index in [0.717, 1.165) is 173 Å². The Labute approximate surface area is 436 Å². The lowest BCUT2D eigenvalue weighted by Crippen LogP contribution is -2.30. The maximum absolute atomic E-state index is 12.8. The molecule has 0 bridgehead atoms. The van der Waals surface area contributed by atoms with E-state index in [4.69, 9.17) is 14.2 Å². The van der Waals surface area contributed by atoms with Gasteiger partial charge in [-0.25, -0.2) is 0 Å². The maximum atomic E-state index is 12.8. The van der Waals surface area contributed by atoms with Crippen molar-refractivity contribution in [3.8, 4) is 0 Å². The van der Waals surface area contributed by atoms with Crippen molar-refractivity contribution < 1.29 is 28.6 Å². The van der Waals surface area contributed by atoms with Crippen molar-refractivity contribution in [1.29, 1.82) is 0 Å². The molecule has 0 spiro atoms. The maximum Gasteiger partial charge on any atom is 0.306 e. The first-order chi connectivity index (χ1) is 35.0. The molecule has 0 heterocycles. The highest BCUT2D eigenvalue weighted by Gasteiger charge is 2.19. The van der Waals surface area contributed by atoms with Gasteiger partial charge >= 0.3 is 17.9 Å². The third kappa shape index (κ3) is 56.1. The van der Waals surface area contributed by atoms with Gasteiger partial charge in [-0.1, -0.05) is 231 Å². The third-order valence-corrected chi connectivity index (χ3v) is 11.3. The molecule has 6 nitrogen and oxygen atoms in total. The number of hydrogen-bond donors (Lipinski definition) is 0. The molecule has 0 fully saturated rings. The molecular formula is C65H102O6. The summed E-state index contributed by atoms with van der Waals surface area (Å²) in [5.41, 5.74) is 0. The average molecular weight is 980 g/mol. The van der Waals surface area contributed by atoms with E-state index in [1.807, 2.05) is 0 Å². The van der Waals surface area contributed by atoms with Crippen LogP contribution in [0.2, 0.25) is 0 Å². The summed E-state index contributed by atoms with van der Waals surface area (Å²) in [4.78, 5) is 37.8. The minimum absolute atomic E-state index is 0.0983. The Hall–Kier alpha value is -4.71. The molecule has 0 rings (SSSR count). The molecule has 0 saturated heterocycles. The molecule has 398 valence electrons. The Morgan fingerprint density at radius 1 is 0.296 bits per heavy atom. The smallest absolute Gasteiger partial charge is 0.306 e. The molecule has 0 aliphatic rings. The molecule has 0 aliphatic carbocycles. The Morgan fingerprint density at radius 3 is 0.859 bits per heavy atom. The molecular weight excluding hydrogens is 877 g/mol. The lowest BCUT2D eigenvalue weighted by molar-refractivity contribution is -0.167. The first kappa shape index (κ1) is 66.3. The van der Waals surface area contributed by atoms with E-state index in [2.05, 4.69) is 167 Å². The van der Waals surface area contributed by atoms with Crippen molar-refractivity contribution in [2.45, 2.75) is 232 Å². The average Bonchev–Trinajstić information content (AvgIpc) is 3.37. The Morgan fingerprint density at radius 2 is 0.549 bits per heavy atom. The summed E-state index contributed by atoms with van der Waals surface area (Å²) in [5.74, 6) is -0.961. The molecule has 0 aliphatic heterocycles. The van der Waals surface area contributed by atoms with Crippen LogP contribution in [0.5, 0.6) is 0 Å². The van der Waals surface area contributed by atoms with Gasteiger partial charge in [-0.2, -0.15) is 0 Å². The summed E-state index contributed by atoms with van der Waals surface area (Å²) in [5, 5.41) is 0. The van der Waals surface area contributed by atoms with Crippen LogP contribution < -0.4 is 0 Å². The zero-order valence-electron chi connectivity index (χ0n) is 45.4. The first-order valence-corrected chi connectivity index (χ1v) is 28.3. The van der Waals surface area contributed by atoms with Crippen molar-refractivity contribution in [3.05, 3.63) is 146 Å². The van der Waals surface area contributed by atoms with Crippen LogP contribution >= 0.6 is 0 Å². The van der Waals surface area contributed by atoms with Gasteiger partial charge in [0, 0.05) is 19.3 Å². The summed E-state index contributed by atoms with van der Waals surface area (Å²) in [6.45, 7) is 6.27. The van der Waals surface area contributed by atoms with Gasteiger partial charge < -0.3 is 14.2 Å². The second-order valence-electron chi connectivity index (χ2n) is 18.1. The van der Waals surface area contributed by atoms with Gasteiger partial charge in [0.2, 0.25) is 0 Å². The number of carbonyl (C=O) groups is 3. The molecule has 71 heavy (non-hydrogen) atoms. The predicted molar refractivity (Wildman–Crippen MR) is 306 cm³/mol. The lowest BCUT2D eigenvalue weighted by Gasteiger charge is -2.18. The number of rotatable bonds is 49. The van der Waals surface area contributed by atoms with Crippen LogP contribution in [0.4, 0.5) is 0 Å². The second-order valence-corrected chi connectivity index (χ2v) is 18.1. The fourth-order valence-electron chi connectivity index (χ4n) is 7.15. The lowest BCUT2D eigenvalue weighted by atomic mass is 10.1. The summed E-state index contributed by atoms with van der Waals surface area (Å²) in [6, 6.07) is 0. The van der Waals surface area contributed by atoms with Gasteiger partial charge in [0.1, 0.15) is 13.2 Å². The molecule has 1 unspecified atom stereocenters. The van der Waals surface area contributed by atoms with Crippen LogP contribution in [-0.4, -0.2) is 37.2 Å². The number of esters is 3. The molecule has 0 aromatic heterocycles. The summed E-state index contributed by atoms with van der Waals surface area (Å²) in [7, 11) is 0. The summed E-state index contributed by atoms with van der Waals surface area (Å²) >= 11 is 0. The highest BCUT2D eigenvalue weighted by Crippen LogP contribution is 2.13. The van der Waals surface area contributed by atoms with Crippen molar-refractivity contribution in [1.82, 2.24) is 0 Å². The highest BCUT2D eigenvalue weighted by atomic mass is 16.6. The number of carbonyl (C=O) groups excluding carboxylic acids is 3. The monoisotopic (exact) mass is 979 g/mol. The van der Waals surface area contributed by atoms with Crippen molar-refractivity contribution in [2.24, 2.45) is 0 Å².